The van der Waals surface area contributed by atoms with Gasteiger partial charge in [-0.3, -0.25) is 14.3 Å². The number of carbonyl (C=O) groups is 2. The zero-order valence-corrected chi connectivity index (χ0v) is 22.3. The fourth-order valence-electron chi connectivity index (χ4n) is 5.14. The van der Waals surface area contributed by atoms with Crippen molar-refractivity contribution in [1.29, 1.82) is 0 Å². The summed E-state index contributed by atoms with van der Waals surface area (Å²) in [4.78, 5) is 26.2. The number of hydrogen-bond acceptors (Lipinski definition) is 7. The van der Waals surface area contributed by atoms with Gasteiger partial charge in [-0.25, -0.2) is 8.42 Å². The first-order valence-electron chi connectivity index (χ1n) is 12.2. The number of nitrogens with one attached hydrogen (secondary N) is 2. The van der Waals surface area contributed by atoms with Crippen LogP contribution < -0.4 is 20.1 Å². The number of aryl methyl sites for hydroxylation is 1. The fraction of sp³-hybridized carbons (Fsp3) is 0.346. The molecule has 2 N–H and O–H groups in total. The molecule has 0 unspecified atom stereocenters. The van der Waals surface area contributed by atoms with E-state index in [1.54, 1.807) is 36.4 Å². The second kappa shape index (κ2) is 9.84. The maximum Gasteiger partial charge on any atom is 0.422 e. The molecule has 0 bridgehead atoms. The molecule has 14 heteroatoms. The van der Waals surface area contributed by atoms with Crippen molar-refractivity contribution in [3.63, 3.8) is 0 Å². The zero-order chi connectivity index (χ0) is 28.9. The highest BCUT2D eigenvalue weighted by atomic mass is 32.2. The van der Waals surface area contributed by atoms with Crippen LogP contribution in [0.4, 0.5) is 18.9 Å². The van der Waals surface area contributed by atoms with Crippen LogP contribution in [-0.2, 0) is 33.1 Å². The quantitative estimate of drug-likeness (QED) is 0.441. The van der Waals surface area contributed by atoms with Gasteiger partial charge >= 0.3 is 6.18 Å². The molecule has 1 spiro atoms. The van der Waals surface area contributed by atoms with Crippen LogP contribution in [0.15, 0.2) is 42.5 Å². The average molecular weight is 579 g/mol. The Morgan fingerprint density at radius 1 is 1.18 bits per heavy atom. The Hall–Kier alpha value is -4.07. The number of halogens is 3. The molecular formula is C26H25F3N4O6S. The van der Waals surface area contributed by atoms with Gasteiger partial charge in [0.05, 0.1) is 19.2 Å². The van der Waals surface area contributed by atoms with Crippen LogP contribution in [0.2, 0.25) is 0 Å². The topological polar surface area (TPSA) is 129 Å². The molecule has 0 saturated heterocycles. The number of methoxy groups -OCH3 is 1. The van der Waals surface area contributed by atoms with Crippen molar-refractivity contribution in [3.05, 3.63) is 59.3 Å². The Labute approximate surface area is 227 Å². The summed E-state index contributed by atoms with van der Waals surface area (Å²) >= 11 is 0. The Balaban J connectivity index is 1.52. The number of fused-ring (bicyclic) bond motifs is 3. The number of carbonyl (C=O) groups excluding carboxylic acids is 2. The van der Waals surface area contributed by atoms with Crippen molar-refractivity contribution in [1.82, 2.24) is 15.1 Å². The average Bonchev–Trinajstić information content (AvgIpc) is 3.39. The number of sulfone groups is 1. The lowest BCUT2D eigenvalue weighted by Crippen LogP contribution is -2.52. The second-order valence-electron chi connectivity index (χ2n) is 9.84. The summed E-state index contributed by atoms with van der Waals surface area (Å²) in [5.41, 5.74) is 1.53. The third-order valence-electron chi connectivity index (χ3n) is 6.78. The lowest BCUT2D eigenvalue weighted by Gasteiger charge is -2.36. The molecule has 1 aliphatic heterocycles. The van der Waals surface area contributed by atoms with Crippen LogP contribution in [0, 0.1) is 0 Å². The summed E-state index contributed by atoms with van der Waals surface area (Å²) in [5.74, 6) is -1.49. The standard InChI is InChI=1S/C26H25F3N4O6S/c1-38-17-5-3-15(4-6-17)21-22(30-20(34)12-40(2,36)37)23-24(35)31-25(13-33(23)32-21)10-9-16-11-18(7-8-19(16)25)39-14-26(27,28)29/h3-8,11H,9-10,12-14H2,1-2H3,(H,30,34)(H,31,35)/t25-/m1/s1. The molecule has 2 aliphatic rings. The van der Waals surface area contributed by atoms with Crippen molar-refractivity contribution in [2.45, 2.75) is 31.1 Å². The summed E-state index contributed by atoms with van der Waals surface area (Å²) in [6, 6.07) is 11.4. The van der Waals surface area contributed by atoms with E-state index in [0.29, 0.717) is 24.2 Å². The molecular weight excluding hydrogens is 553 g/mol. The van der Waals surface area contributed by atoms with Crippen molar-refractivity contribution in [2.75, 3.05) is 31.0 Å². The molecule has 212 valence electrons. The Morgan fingerprint density at radius 3 is 2.52 bits per heavy atom. The van der Waals surface area contributed by atoms with E-state index in [1.807, 2.05) is 0 Å². The zero-order valence-electron chi connectivity index (χ0n) is 21.5. The number of rotatable bonds is 7. The third kappa shape index (κ3) is 5.48. The van der Waals surface area contributed by atoms with Gasteiger partial charge in [-0.05, 0) is 60.4 Å². The molecule has 0 radical (unpaired) electrons. The van der Waals surface area contributed by atoms with Gasteiger partial charge in [0, 0.05) is 11.8 Å². The van der Waals surface area contributed by atoms with Gasteiger partial charge in [0.2, 0.25) is 5.91 Å². The first-order valence-corrected chi connectivity index (χ1v) is 14.2. The number of alkyl halides is 3. The molecule has 0 fully saturated rings. The molecule has 0 saturated carbocycles. The number of anilines is 1. The van der Waals surface area contributed by atoms with Gasteiger partial charge < -0.3 is 20.1 Å². The molecule has 1 aliphatic carbocycles. The van der Waals surface area contributed by atoms with E-state index in [9.17, 15) is 31.2 Å². The second-order valence-corrected chi connectivity index (χ2v) is 12.0. The third-order valence-corrected chi connectivity index (χ3v) is 7.56. The van der Waals surface area contributed by atoms with Crippen LogP contribution >= 0.6 is 0 Å². The summed E-state index contributed by atoms with van der Waals surface area (Å²) in [7, 11) is -2.13. The monoisotopic (exact) mass is 578 g/mol. The molecule has 3 aromatic rings. The van der Waals surface area contributed by atoms with E-state index in [0.717, 1.165) is 17.4 Å². The Bertz CT molecular complexity index is 1600. The van der Waals surface area contributed by atoms with Gasteiger partial charge in [-0.15, -0.1) is 0 Å². The number of aromatic nitrogens is 2. The van der Waals surface area contributed by atoms with Crippen molar-refractivity contribution >= 4 is 27.3 Å². The highest BCUT2D eigenvalue weighted by molar-refractivity contribution is 7.91. The summed E-state index contributed by atoms with van der Waals surface area (Å²) in [6.07, 6.45) is -2.59. The van der Waals surface area contributed by atoms with Crippen LogP contribution in [0.1, 0.15) is 28.0 Å². The lowest BCUT2D eigenvalue weighted by atomic mass is 9.89. The maximum atomic E-state index is 13.6. The maximum absolute atomic E-state index is 13.6. The first kappa shape index (κ1) is 27.5. The van der Waals surface area contributed by atoms with Crippen molar-refractivity contribution in [3.8, 4) is 22.8 Å². The molecule has 10 nitrogen and oxygen atoms in total. The SMILES string of the molecule is COc1ccc(-c2nn3c(c2NC(=O)CS(C)(=O)=O)C(=O)N[C@]2(CCc4cc(OCC(F)(F)F)ccc42)C3)cc1. The predicted molar refractivity (Wildman–Crippen MR) is 138 cm³/mol. The molecule has 2 aromatic carbocycles. The largest absolute Gasteiger partial charge is 0.497 e. The van der Waals surface area contributed by atoms with Crippen LogP contribution in [-0.4, -0.2) is 61.9 Å². The number of amides is 2. The van der Waals surface area contributed by atoms with E-state index < -0.39 is 45.7 Å². The van der Waals surface area contributed by atoms with Crippen molar-refractivity contribution < 1.29 is 40.7 Å². The number of hydrogen-bond donors (Lipinski definition) is 2. The van der Waals surface area contributed by atoms with Gasteiger partial charge in [-0.1, -0.05) is 6.07 Å². The van der Waals surface area contributed by atoms with E-state index in [4.69, 9.17) is 9.47 Å². The van der Waals surface area contributed by atoms with E-state index in [2.05, 4.69) is 15.7 Å². The molecule has 1 atom stereocenters. The summed E-state index contributed by atoms with van der Waals surface area (Å²) in [6.45, 7) is -1.23. The van der Waals surface area contributed by atoms with Crippen LogP contribution in [0.3, 0.4) is 0 Å². The van der Waals surface area contributed by atoms with E-state index in [1.165, 1.54) is 17.9 Å². The summed E-state index contributed by atoms with van der Waals surface area (Å²) < 4.78 is 72.8. The highest BCUT2D eigenvalue weighted by Gasteiger charge is 2.46. The molecule has 1 aromatic heterocycles. The van der Waals surface area contributed by atoms with Crippen LogP contribution in [0.5, 0.6) is 11.5 Å². The predicted octanol–water partition coefficient (Wildman–Crippen LogP) is 3.07. The van der Waals surface area contributed by atoms with Gasteiger partial charge in [0.15, 0.2) is 22.1 Å². The van der Waals surface area contributed by atoms with Crippen molar-refractivity contribution in [2.24, 2.45) is 0 Å². The minimum atomic E-state index is -4.47. The highest BCUT2D eigenvalue weighted by Crippen LogP contribution is 2.44. The Kier molecular flexibility index (Phi) is 6.76. The minimum Gasteiger partial charge on any atom is -0.497 e. The number of benzene rings is 2. The van der Waals surface area contributed by atoms with E-state index in [-0.39, 0.29) is 29.4 Å². The number of ether oxygens (including phenoxy) is 2. The molecule has 2 heterocycles. The smallest absolute Gasteiger partial charge is 0.422 e. The minimum absolute atomic E-state index is 0.0527. The van der Waals surface area contributed by atoms with Gasteiger partial charge in [0.1, 0.15) is 28.6 Å². The Morgan fingerprint density at radius 2 is 1.88 bits per heavy atom. The first-order chi connectivity index (χ1) is 18.8. The van der Waals surface area contributed by atoms with Crippen LogP contribution in [0.25, 0.3) is 11.3 Å². The fourth-order valence-corrected chi connectivity index (χ4v) is 5.69. The molecule has 40 heavy (non-hydrogen) atoms. The number of nitrogens with zero attached hydrogens (tertiary/aromatic N) is 2. The molecule has 2 amide bonds. The normalized spacial score (nSPS) is 18.2. The lowest BCUT2D eigenvalue weighted by molar-refractivity contribution is -0.153. The van der Waals surface area contributed by atoms with E-state index >= 15 is 0 Å². The van der Waals surface area contributed by atoms with Gasteiger partial charge in [0.25, 0.3) is 5.91 Å². The molecule has 5 rings (SSSR count). The summed E-state index contributed by atoms with van der Waals surface area (Å²) in [5, 5.41) is 10.2. The van der Waals surface area contributed by atoms with Gasteiger partial charge in [-0.2, -0.15) is 18.3 Å².